The summed E-state index contributed by atoms with van der Waals surface area (Å²) in [6, 6.07) is 13.4. The number of aliphatic hydroxyl groups excluding tert-OH is 2. The second-order valence-corrected chi connectivity index (χ2v) is 7.03. The Bertz CT molecular complexity index is 749. The highest BCUT2D eigenvalue weighted by molar-refractivity contribution is 6.31. The maximum Gasteiger partial charge on any atom is 0.160 e. The molecule has 0 bridgehead atoms. The number of benzene rings is 2. The van der Waals surface area contributed by atoms with Gasteiger partial charge in [0.25, 0.3) is 0 Å². The number of hydrogen-bond donors (Lipinski definition) is 2. The summed E-state index contributed by atoms with van der Waals surface area (Å²) in [7, 11) is 1.52. The number of hydrogen-bond acceptors (Lipinski definition) is 5. The van der Waals surface area contributed by atoms with Gasteiger partial charge in [-0.2, -0.15) is 0 Å². The molecule has 5 nitrogen and oxygen atoms in total. The summed E-state index contributed by atoms with van der Waals surface area (Å²) in [4.78, 5) is 0. The van der Waals surface area contributed by atoms with Gasteiger partial charge in [-0.3, -0.25) is 0 Å². The van der Waals surface area contributed by atoms with Crippen molar-refractivity contribution in [2.75, 3.05) is 13.7 Å². The first-order valence-corrected chi connectivity index (χ1v) is 9.44. The van der Waals surface area contributed by atoms with E-state index in [4.69, 9.17) is 25.8 Å². The number of aliphatic hydroxyl groups is 2. The molecule has 146 valence electrons. The van der Waals surface area contributed by atoms with Crippen molar-refractivity contribution in [3.8, 4) is 5.75 Å². The molecule has 1 aliphatic heterocycles. The van der Waals surface area contributed by atoms with Crippen LogP contribution in [-0.2, 0) is 15.9 Å². The average Bonchev–Trinajstić information content (AvgIpc) is 2.67. The highest BCUT2D eigenvalue weighted by Gasteiger charge is 2.37. The van der Waals surface area contributed by atoms with Crippen LogP contribution < -0.4 is 4.74 Å². The van der Waals surface area contributed by atoms with Crippen molar-refractivity contribution in [1.29, 1.82) is 0 Å². The first-order chi connectivity index (χ1) is 13.0. The lowest BCUT2D eigenvalue weighted by Gasteiger charge is -2.36. The summed E-state index contributed by atoms with van der Waals surface area (Å²) in [6.07, 6.45) is -2.28. The molecule has 2 N–H and O–H groups in total. The van der Waals surface area contributed by atoms with Crippen molar-refractivity contribution in [1.82, 2.24) is 0 Å². The molecule has 0 amide bonds. The molecule has 0 aliphatic carbocycles. The number of halogens is 1. The molecule has 2 aromatic carbocycles. The van der Waals surface area contributed by atoms with E-state index in [1.54, 1.807) is 6.07 Å². The van der Waals surface area contributed by atoms with E-state index in [-0.39, 0.29) is 6.42 Å². The van der Waals surface area contributed by atoms with E-state index in [9.17, 15) is 10.2 Å². The summed E-state index contributed by atoms with van der Waals surface area (Å²) in [5.41, 5.74) is 2.77. The SMILES string of the molecule is CCOc1ccc(Cc2cc([C@@H]3OC(OC)C[C@H](O)[C@H]3O)ccc2Cl)cc1. The summed E-state index contributed by atoms with van der Waals surface area (Å²) < 4.78 is 16.5. The predicted octanol–water partition coefficient (Wildman–Crippen LogP) is 3.49. The Hall–Kier alpha value is -1.63. The van der Waals surface area contributed by atoms with Gasteiger partial charge in [-0.15, -0.1) is 0 Å². The van der Waals surface area contributed by atoms with Crippen LogP contribution in [0.5, 0.6) is 5.75 Å². The molecule has 0 aromatic heterocycles. The molecule has 27 heavy (non-hydrogen) atoms. The van der Waals surface area contributed by atoms with Crippen molar-refractivity contribution >= 4 is 11.6 Å². The minimum atomic E-state index is -1.02. The lowest BCUT2D eigenvalue weighted by Crippen LogP contribution is -2.44. The van der Waals surface area contributed by atoms with Crippen LogP contribution in [0, 0.1) is 0 Å². The Morgan fingerprint density at radius 1 is 1.15 bits per heavy atom. The van der Waals surface area contributed by atoms with Crippen LogP contribution in [0.3, 0.4) is 0 Å². The zero-order valence-corrected chi connectivity index (χ0v) is 16.2. The molecule has 1 heterocycles. The van der Waals surface area contributed by atoms with Gasteiger partial charge < -0.3 is 24.4 Å². The molecule has 6 heteroatoms. The highest BCUT2D eigenvalue weighted by atomic mass is 35.5. The topological polar surface area (TPSA) is 68.2 Å². The van der Waals surface area contributed by atoms with Gasteiger partial charge in [0, 0.05) is 18.6 Å². The standard InChI is InChI=1S/C21H25ClO5/c1-3-26-16-7-4-13(5-8-16)10-15-11-14(6-9-17(15)22)21-20(24)18(23)12-19(25-2)27-21/h4-9,11,18-21,23-24H,3,10,12H2,1-2H3/t18-,19?,20+,21-/m0/s1. The zero-order valence-electron chi connectivity index (χ0n) is 15.5. The van der Waals surface area contributed by atoms with E-state index in [1.165, 1.54) is 7.11 Å². The van der Waals surface area contributed by atoms with Crippen molar-refractivity contribution in [3.63, 3.8) is 0 Å². The van der Waals surface area contributed by atoms with Gasteiger partial charge in [-0.05, 0) is 48.2 Å². The van der Waals surface area contributed by atoms with Crippen LogP contribution in [0.4, 0.5) is 0 Å². The van der Waals surface area contributed by atoms with Crippen molar-refractivity contribution in [2.24, 2.45) is 0 Å². The van der Waals surface area contributed by atoms with Gasteiger partial charge in [0.1, 0.15) is 18.0 Å². The number of methoxy groups -OCH3 is 1. The largest absolute Gasteiger partial charge is 0.494 e. The van der Waals surface area contributed by atoms with Crippen LogP contribution in [0.25, 0.3) is 0 Å². The number of rotatable bonds is 6. The highest BCUT2D eigenvalue weighted by Crippen LogP contribution is 2.34. The van der Waals surface area contributed by atoms with Gasteiger partial charge >= 0.3 is 0 Å². The Labute approximate surface area is 164 Å². The molecule has 1 fully saturated rings. The van der Waals surface area contributed by atoms with Crippen LogP contribution in [0.1, 0.15) is 36.1 Å². The Morgan fingerprint density at radius 3 is 2.56 bits per heavy atom. The van der Waals surface area contributed by atoms with Crippen LogP contribution in [-0.4, -0.2) is 42.4 Å². The van der Waals surface area contributed by atoms with Crippen LogP contribution >= 0.6 is 11.6 Å². The first kappa shape index (κ1) is 20.1. The van der Waals surface area contributed by atoms with Crippen molar-refractivity contribution in [2.45, 2.75) is 44.4 Å². The maximum absolute atomic E-state index is 10.4. The minimum absolute atomic E-state index is 0.237. The third-order valence-electron chi connectivity index (χ3n) is 4.73. The number of ether oxygens (including phenoxy) is 3. The summed E-state index contributed by atoms with van der Waals surface area (Å²) in [5, 5.41) is 21.1. The first-order valence-electron chi connectivity index (χ1n) is 9.06. The summed E-state index contributed by atoms with van der Waals surface area (Å²) >= 11 is 6.38. The van der Waals surface area contributed by atoms with Gasteiger partial charge in [-0.1, -0.05) is 35.9 Å². The third kappa shape index (κ3) is 4.81. The smallest absolute Gasteiger partial charge is 0.160 e. The molecule has 3 rings (SSSR count). The molecule has 4 atom stereocenters. The molecule has 0 radical (unpaired) electrons. The molecule has 1 saturated heterocycles. The predicted molar refractivity (Wildman–Crippen MR) is 103 cm³/mol. The second-order valence-electron chi connectivity index (χ2n) is 6.62. The summed E-state index contributed by atoms with van der Waals surface area (Å²) in [6.45, 7) is 2.58. The molecule has 1 unspecified atom stereocenters. The molecule has 0 saturated carbocycles. The van der Waals surface area contributed by atoms with E-state index in [0.29, 0.717) is 18.1 Å². The Kier molecular flexibility index (Phi) is 6.73. The Balaban J connectivity index is 1.81. The fourth-order valence-electron chi connectivity index (χ4n) is 3.26. The van der Waals surface area contributed by atoms with E-state index < -0.39 is 24.6 Å². The second kappa shape index (κ2) is 9.04. The van der Waals surface area contributed by atoms with Crippen LogP contribution in [0.15, 0.2) is 42.5 Å². The van der Waals surface area contributed by atoms with Crippen LogP contribution in [0.2, 0.25) is 5.02 Å². The minimum Gasteiger partial charge on any atom is -0.494 e. The molecule has 1 aliphatic rings. The van der Waals surface area contributed by atoms with E-state index in [1.807, 2.05) is 43.3 Å². The molecular weight excluding hydrogens is 368 g/mol. The lowest BCUT2D eigenvalue weighted by molar-refractivity contribution is -0.245. The lowest BCUT2D eigenvalue weighted by atomic mass is 9.93. The average molecular weight is 393 g/mol. The van der Waals surface area contributed by atoms with E-state index >= 15 is 0 Å². The molecule has 0 spiro atoms. The van der Waals surface area contributed by atoms with Crippen molar-refractivity contribution in [3.05, 3.63) is 64.2 Å². The van der Waals surface area contributed by atoms with Gasteiger partial charge in [-0.25, -0.2) is 0 Å². The van der Waals surface area contributed by atoms with Crippen molar-refractivity contribution < 1.29 is 24.4 Å². The van der Waals surface area contributed by atoms with E-state index in [0.717, 1.165) is 22.4 Å². The third-order valence-corrected chi connectivity index (χ3v) is 5.10. The van der Waals surface area contributed by atoms with Gasteiger partial charge in [0.2, 0.25) is 0 Å². The normalized spacial score (nSPS) is 25.4. The van der Waals surface area contributed by atoms with Gasteiger partial charge in [0.05, 0.1) is 12.7 Å². The quantitative estimate of drug-likeness (QED) is 0.787. The monoisotopic (exact) mass is 392 g/mol. The zero-order chi connectivity index (χ0) is 19.4. The fourth-order valence-corrected chi connectivity index (χ4v) is 3.45. The summed E-state index contributed by atoms with van der Waals surface area (Å²) in [5.74, 6) is 0.833. The maximum atomic E-state index is 10.4. The fraction of sp³-hybridized carbons (Fsp3) is 0.429. The Morgan fingerprint density at radius 2 is 1.89 bits per heavy atom. The molecular formula is C21H25ClO5. The van der Waals surface area contributed by atoms with Gasteiger partial charge in [0.15, 0.2) is 6.29 Å². The van der Waals surface area contributed by atoms with E-state index in [2.05, 4.69) is 0 Å². The molecule has 2 aromatic rings.